The SMILES string of the molecule is CC(=O)N1CCn2c(C)cnc2C1. The summed E-state index contributed by atoms with van der Waals surface area (Å²) in [5.74, 6) is 1.13. The molecule has 0 aliphatic carbocycles. The number of nitrogens with zero attached hydrogens (tertiary/aromatic N) is 3. The first kappa shape index (κ1) is 8.29. The van der Waals surface area contributed by atoms with Crippen molar-refractivity contribution in [2.75, 3.05) is 6.54 Å². The van der Waals surface area contributed by atoms with E-state index in [1.54, 1.807) is 6.92 Å². The Balaban J connectivity index is 2.25. The van der Waals surface area contributed by atoms with Gasteiger partial charge in [0.05, 0.1) is 6.54 Å². The van der Waals surface area contributed by atoms with Gasteiger partial charge in [-0.1, -0.05) is 0 Å². The summed E-state index contributed by atoms with van der Waals surface area (Å²) >= 11 is 0. The molecule has 1 amide bonds. The van der Waals surface area contributed by atoms with Crippen molar-refractivity contribution in [3.05, 3.63) is 17.7 Å². The summed E-state index contributed by atoms with van der Waals surface area (Å²) < 4.78 is 2.17. The Morgan fingerprint density at radius 2 is 2.31 bits per heavy atom. The first-order chi connectivity index (χ1) is 6.18. The van der Waals surface area contributed by atoms with Gasteiger partial charge >= 0.3 is 0 Å². The van der Waals surface area contributed by atoms with Crippen LogP contribution in [0.5, 0.6) is 0 Å². The van der Waals surface area contributed by atoms with Crippen LogP contribution in [0.3, 0.4) is 0 Å². The first-order valence-electron chi connectivity index (χ1n) is 4.45. The van der Waals surface area contributed by atoms with Gasteiger partial charge in [-0.3, -0.25) is 4.79 Å². The Morgan fingerprint density at radius 3 is 3.00 bits per heavy atom. The molecule has 0 saturated carbocycles. The summed E-state index contributed by atoms with van der Waals surface area (Å²) in [6.07, 6.45) is 1.86. The van der Waals surface area contributed by atoms with Gasteiger partial charge in [-0.2, -0.15) is 0 Å². The van der Waals surface area contributed by atoms with Crippen molar-refractivity contribution < 1.29 is 4.79 Å². The predicted molar refractivity (Wildman–Crippen MR) is 48.1 cm³/mol. The molecule has 2 rings (SSSR count). The molecule has 1 aliphatic rings. The highest BCUT2D eigenvalue weighted by Gasteiger charge is 2.19. The highest BCUT2D eigenvalue weighted by molar-refractivity contribution is 5.73. The average molecular weight is 179 g/mol. The number of aryl methyl sites for hydroxylation is 1. The van der Waals surface area contributed by atoms with Gasteiger partial charge in [0.2, 0.25) is 5.91 Å². The molecule has 4 heteroatoms. The van der Waals surface area contributed by atoms with Gasteiger partial charge < -0.3 is 9.47 Å². The van der Waals surface area contributed by atoms with Crippen molar-refractivity contribution in [1.82, 2.24) is 14.5 Å². The third-order valence-electron chi connectivity index (χ3n) is 2.51. The average Bonchev–Trinajstić information content (AvgIpc) is 2.47. The van der Waals surface area contributed by atoms with E-state index in [9.17, 15) is 4.79 Å². The number of hydrogen-bond acceptors (Lipinski definition) is 2. The number of carbonyl (C=O) groups is 1. The largest absolute Gasteiger partial charge is 0.334 e. The van der Waals surface area contributed by atoms with Crippen LogP contribution in [-0.2, 0) is 17.9 Å². The molecule has 0 bridgehead atoms. The molecule has 0 unspecified atom stereocenters. The highest BCUT2D eigenvalue weighted by Crippen LogP contribution is 2.13. The van der Waals surface area contributed by atoms with Crippen LogP contribution in [0, 0.1) is 6.92 Å². The second-order valence-electron chi connectivity index (χ2n) is 3.41. The topological polar surface area (TPSA) is 38.1 Å². The number of rotatable bonds is 0. The van der Waals surface area contributed by atoms with Crippen LogP contribution in [-0.4, -0.2) is 26.9 Å². The molecule has 13 heavy (non-hydrogen) atoms. The maximum Gasteiger partial charge on any atom is 0.219 e. The molecule has 0 fully saturated rings. The minimum atomic E-state index is 0.131. The molecular weight excluding hydrogens is 166 g/mol. The maximum atomic E-state index is 11.1. The first-order valence-corrected chi connectivity index (χ1v) is 4.45. The molecule has 1 aromatic rings. The molecule has 0 radical (unpaired) electrons. The zero-order valence-electron chi connectivity index (χ0n) is 7.95. The van der Waals surface area contributed by atoms with Gasteiger partial charge in [0.1, 0.15) is 5.82 Å². The van der Waals surface area contributed by atoms with Crippen LogP contribution in [0.2, 0.25) is 0 Å². The van der Waals surface area contributed by atoms with Crippen LogP contribution in [0.4, 0.5) is 0 Å². The molecule has 1 aromatic heterocycles. The Labute approximate surface area is 77.2 Å². The minimum absolute atomic E-state index is 0.131. The lowest BCUT2D eigenvalue weighted by atomic mass is 10.3. The van der Waals surface area contributed by atoms with E-state index in [2.05, 4.69) is 9.55 Å². The third kappa shape index (κ3) is 1.32. The fourth-order valence-electron chi connectivity index (χ4n) is 1.68. The lowest BCUT2D eigenvalue weighted by molar-refractivity contribution is -0.130. The van der Waals surface area contributed by atoms with Gasteiger partial charge in [-0.15, -0.1) is 0 Å². The summed E-state index contributed by atoms with van der Waals surface area (Å²) in [4.78, 5) is 17.2. The molecule has 0 saturated heterocycles. The lowest BCUT2D eigenvalue weighted by Crippen LogP contribution is -2.37. The van der Waals surface area contributed by atoms with Crippen molar-refractivity contribution in [3.63, 3.8) is 0 Å². The van der Waals surface area contributed by atoms with Crippen molar-refractivity contribution in [1.29, 1.82) is 0 Å². The van der Waals surface area contributed by atoms with Crippen LogP contribution in [0.15, 0.2) is 6.20 Å². The Kier molecular flexibility index (Phi) is 1.83. The number of hydrogen-bond donors (Lipinski definition) is 0. The van der Waals surface area contributed by atoms with Gasteiger partial charge in [0, 0.05) is 31.9 Å². The van der Waals surface area contributed by atoms with Crippen molar-refractivity contribution in [2.45, 2.75) is 26.9 Å². The van der Waals surface area contributed by atoms with E-state index in [-0.39, 0.29) is 5.91 Å². The molecule has 4 nitrogen and oxygen atoms in total. The zero-order chi connectivity index (χ0) is 9.42. The summed E-state index contributed by atoms with van der Waals surface area (Å²) in [6, 6.07) is 0. The molecule has 0 aromatic carbocycles. The number of carbonyl (C=O) groups excluding carboxylic acids is 1. The second kappa shape index (κ2) is 2.87. The Bertz CT molecular complexity index is 343. The van der Waals surface area contributed by atoms with E-state index in [1.807, 2.05) is 18.0 Å². The van der Waals surface area contributed by atoms with E-state index < -0.39 is 0 Å². The number of fused-ring (bicyclic) bond motifs is 1. The molecule has 0 atom stereocenters. The van der Waals surface area contributed by atoms with Crippen LogP contribution in [0.25, 0.3) is 0 Å². The number of amides is 1. The highest BCUT2D eigenvalue weighted by atomic mass is 16.2. The molecule has 2 heterocycles. The molecule has 1 aliphatic heterocycles. The maximum absolute atomic E-state index is 11.1. The van der Waals surface area contributed by atoms with Crippen molar-refractivity contribution >= 4 is 5.91 Å². The monoisotopic (exact) mass is 179 g/mol. The second-order valence-corrected chi connectivity index (χ2v) is 3.41. The Morgan fingerprint density at radius 1 is 1.54 bits per heavy atom. The van der Waals surface area contributed by atoms with Crippen LogP contribution in [0.1, 0.15) is 18.4 Å². The predicted octanol–water partition coefficient (Wildman–Crippen LogP) is 0.554. The van der Waals surface area contributed by atoms with E-state index in [4.69, 9.17) is 0 Å². The summed E-state index contributed by atoms with van der Waals surface area (Å²) in [5, 5.41) is 0. The quantitative estimate of drug-likeness (QED) is 0.583. The fourth-order valence-corrected chi connectivity index (χ4v) is 1.68. The van der Waals surface area contributed by atoms with Gasteiger partial charge in [-0.25, -0.2) is 4.98 Å². The number of imidazole rings is 1. The Hall–Kier alpha value is -1.32. The van der Waals surface area contributed by atoms with Crippen molar-refractivity contribution in [3.8, 4) is 0 Å². The van der Waals surface area contributed by atoms with Gasteiger partial charge in [-0.05, 0) is 6.92 Å². The summed E-state index contributed by atoms with van der Waals surface area (Å²) in [7, 11) is 0. The number of aromatic nitrogens is 2. The lowest BCUT2D eigenvalue weighted by Gasteiger charge is -2.27. The molecule has 70 valence electrons. The molecular formula is C9H13N3O. The summed E-state index contributed by atoms with van der Waals surface area (Å²) in [6.45, 7) is 5.98. The van der Waals surface area contributed by atoms with Crippen molar-refractivity contribution in [2.24, 2.45) is 0 Å². The smallest absolute Gasteiger partial charge is 0.219 e. The van der Waals surface area contributed by atoms with Gasteiger partial charge in [0.25, 0.3) is 0 Å². The van der Waals surface area contributed by atoms with E-state index in [1.165, 1.54) is 5.69 Å². The van der Waals surface area contributed by atoms with Crippen LogP contribution >= 0.6 is 0 Å². The molecule has 0 N–H and O–H groups in total. The minimum Gasteiger partial charge on any atom is -0.334 e. The third-order valence-corrected chi connectivity index (χ3v) is 2.51. The van der Waals surface area contributed by atoms with Crippen LogP contribution < -0.4 is 0 Å². The van der Waals surface area contributed by atoms with E-state index in [0.29, 0.717) is 6.54 Å². The van der Waals surface area contributed by atoms with E-state index in [0.717, 1.165) is 18.9 Å². The van der Waals surface area contributed by atoms with Gasteiger partial charge in [0.15, 0.2) is 0 Å². The molecule has 0 spiro atoms. The fraction of sp³-hybridized carbons (Fsp3) is 0.556. The standard InChI is InChI=1S/C9H13N3O/c1-7-5-10-9-6-11(8(2)13)3-4-12(7)9/h5H,3-4,6H2,1-2H3. The van der Waals surface area contributed by atoms with E-state index >= 15 is 0 Å². The summed E-state index contributed by atoms with van der Waals surface area (Å²) in [5.41, 5.74) is 1.18. The normalized spacial score (nSPS) is 15.7. The zero-order valence-corrected chi connectivity index (χ0v) is 7.95.